The highest BCUT2D eigenvalue weighted by molar-refractivity contribution is 6.35. The molecule has 2 aromatic carbocycles. The third kappa shape index (κ3) is 3.33. The summed E-state index contributed by atoms with van der Waals surface area (Å²) in [6.07, 6.45) is -4.65. The summed E-state index contributed by atoms with van der Waals surface area (Å²) in [5.74, 6) is -1.22. The van der Waals surface area contributed by atoms with Gasteiger partial charge in [-0.3, -0.25) is 0 Å². The van der Waals surface area contributed by atoms with E-state index < -0.39 is 12.0 Å². The van der Waals surface area contributed by atoms with E-state index in [4.69, 9.17) is 23.2 Å². The van der Waals surface area contributed by atoms with Crippen LogP contribution in [0.15, 0.2) is 42.5 Å². The Balaban J connectivity index is 2.17. The van der Waals surface area contributed by atoms with Gasteiger partial charge in [-0.15, -0.1) is 0 Å². The molecule has 8 heteroatoms. The molecule has 0 saturated heterocycles. The quantitative estimate of drug-likeness (QED) is 0.639. The highest BCUT2D eigenvalue weighted by Gasteiger charge is 2.35. The predicted octanol–water partition coefficient (Wildman–Crippen LogP) is 5.70. The van der Waals surface area contributed by atoms with E-state index >= 15 is 0 Å². The number of hydrogen-bond donors (Lipinski definition) is 1. The fourth-order valence-corrected chi connectivity index (χ4v) is 2.36. The molecule has 0 saturated carbocycles. The van der Waals surface area contributed by atoms with Crippen LogP contribution in [0.5, 0.6) is 0 Å². The molecule has 0 unspecified atom stereocenters. The Hall–Kier alpha value is -2.05. The SMILES string of the molecule is FC(F)(F)c1nc(Nc2cc(Cl)ccc2Cl)c2ccccc2n1. The molecule has 0 aliphatic carbocycles. The van der Waals surface area contributed by atoms with E-state index in [9.17, 15) is 13.2 Å². The van der Waals surface area contributed by atoms with Crippen molar-refractivity contribution in [3.8, 4) is 0 Å². The Morgan fingerprint density at radius 3 is 2.43 bits per heavy atom. The van der Waals surface area contributed by atoms with Crippen molar-refractivity contribution >= 4 is 45.6 Å². The van der Waals surface area contributed by atoms with Crippen LogP contribution < -0.4 is 5.32 Å². The lowest BCUT2D eigenvalue weighted by Gasteiger charge is -2.13. The zero-order valence-corrected chi connectivity index (χ0v) is 12.8. The van der Waals surface area contributed by atoms with E-state index in [-0.39, 0.29) is 11.3 Å². The number of halogens is 5. The Bertz CT molecular complexity index is 881. The van der Waals surface area contributed by atoms with Crippen LogP contribution in [0.2, 0.25) is 10.0 Å². The highest BCUT2D eigenvalue weighted by atomic mass is 35.5. The lowest BCUT2D eigenvalue weighted by Crippen LogP contribution is -2.12. The summed E-state index contributed by atoms with van der Waals surface area (Å²) in [6.45, 7) is 0. The van der Waals surface area contributed by atoms with Gasteiger partial charge in [0.2, 0.25) is 5.82 Å². The molecule has 1 aromatic heterocycles. The molecule has 0 aliphatic heterocycles. The molecule has 23 heavy (non-hydrogen) atoms. The van der Waals surface area contributed by atoms with Gasteiger partial charge in [0.1, 0.15) is 5.82 Å². The highest BCUT2D eigenvalue weighted by Crippen LogP contribution is 2.33. The van der Waals surface area contributed by atoms with E-state index in [0.29, 0.717) is 21.1 Å². The van der Waals surface area contributed by atoms with Crippen LogP contribution in [0.4, 0.5) is 24.7 Å². The molecule has 0 fully saturated rings. The van der Waals surface area contributed by atoms with Gasteiger partial charge in [-0.1, -0.05) is 35.3 Å². The second-order valence-corrected chi connectivity index (χ2v) is 5.50. The molecule has 0 radical (unpaired) electrons. The molecule has 0 atom stereocenters. The molecule has 1 N–H and O–H groups in total. The smallest absolute Gasteiger partial charge is 0.338 e. The predicted molar refractivity (Wildman–Crippen MR) is 84.3 cm³/mol. The number of benzene rings is 2. The van der Waals surface area contributed by atoms with Crippen molar-refractivity contribution in [1.82, 2.24) is 9.97 Å². The average molecular weight is 358 g/mol. The van der Waals surface area contributed by atoms with Gasteiger partial charge in [0, 0.05) is 10.4 Å². The van der Waals surface area contributed by atoms with Crippen LogP contribution in [0.1, 0.15) is 5.82 Å². The molecule has 118 valence electrons. The number of fused-ring (bicyclic) bond motifs is 1. The van der Waals surface area contributed by atoms with E-state index in [1.807, 2.05) is 0 Å². The summed E-state index contributed by atoms with van der Waals surface area (Å²) >= 11 is 11.9. The number of hydrogen-bond acceptors (Lipinski definition) is 3. The first kappa shape index (κ1) is 15.8. The molecule has 3 rings (SSSR count). The molecular formula is C15H8Cl2F3N3. The molecule has 0 bridgehead atoms. The minimum atomic E-state index is -4.65. The number of nitrogens with zero attached hydrogens (tertiary/aromatic N) is 2. The maximum absolute atomic E-state index is 13.0. The van der Waals surface area contributed by atoms with E-state index in [0.717, 1.165) is 0 Å². The zero-order valence-electron chi connectivity index (χ0n) is 11.3. The van der Waals surface area contributed by atoms with Crippen molar-refractivity contribution < 1.29 is 13.2 Å². The number of anilines is 2. The minimum Gasteiger partial charge on any atom is -0.338 e. The van der Waals surface area contributed by atoms with Crippen molar-refractivity contribution in [3.63, 3.8) is 0 Å². The first-order chi connectivity index (χ1) is 10.8. The largest absolute Gasteiger partial charge is 0.451 e. The third-order valence-corrected chi connectivity index (χ3v) is 3.60. The summed E-state index contributed by atoms with van der Waals surface area (Å²) < 4.78 is 38.9. The Labute approximate surface area is 139 Å². The molecule has 0 amide bonds. The first-order valence-corrected chi connectivity index (χ1v) is 7.16. The summed E-state index contributed by atoms with van der Waals surface area (Å²) in [5, 5.41) is 3.95. The Kier molecular flexibility index (Phi) is 4.04. The third-order valence-electron chi connectivity index (χ3n) is 3.04. The summed E-state index contributed by atoms with van der Waals surface area (Å²) in [4.78, 5) is 7.14. The standard InChI is InChI=1S/C15H8Cl2F3N3/c16-8-5-6-10(17)12(7-8)21-13-9-3-1-2-4-11(9)22-14(23-13)15(18,19)20/h1-7H,(H,21,22,23). The summed E-state index contributed by atoms with van der Waals surface area (Å²) in [6, 6.07) is 11.0. The van der Waals surface area contributed by atoms with Gasteiger partial charge in [-0.2, -0.15) is 13.2 Å². The van der Waals surface area contributed by atoms with Crippen LogP contribution in [0, 0.1) is 0 Å². The fraction of sp³-hybridized carbons (Fsp3) is 0.0667. The van der Waals surface area contributed by atoms with Crippen LogP contribution >= 0.6 is 23.2 Å². The topological polar surface area (TPSA) is 37.8 Å². The lowest BCUT2D eigenvalue weighted by atomic mass is 10.2. The number of rotatable bonds is 2. The van der Waals surface area contributed by atoms with Crippen molar-refractivity contribution in [1.29, 1.82) is 0 Å². The number of alkyl halides is 3. The molecule has 0 spiro atoms. The van der Waals surface area contributed by atoms with Crippen molar-refractivity contribution in [2.75, 3.05) is 5.32 Å². The first-order valence-electron chi connectivity index (χ1n) is 6.40. The van der Waals surface area contributed by atoms with Gasteiger partial charge < -0.3 is 5.32 Å². The average Bonchev–Trinajstić information content (AvgIpc) is 2.50. The molecule has 1 heterocycles. The van der Waals surface area contributed by atoms with Crippen LogP contribution in [0.25, 0.3) is 10.9 Å². The molecular weight excluding hydrogens is 350 g/mol. The van der Waals surface area contributed by atoms with Gasteiger partial charge in [0.05, 0.1) is 16.2 Å². The van der Waals surface area contributed by atoms with Gasteiger partial charge in [0.15, 0.2) is 0 Å². The number of para-hydroxylation sites is 1. The minimum absolute atomic E-state index is 0.00657. The summed E-state index contributed by atoms with van der Waals surface area (Å²) in [7, 11) is 0. The zero-order chi connectivity index (χ0) is 16.6. The van der Waals surface area contributed by atoms with Crippen LogP contribution in [0.3, 0.4) is 0 Å². The monoisotopic (exact) mass is 357 g/mol. The maximum atomic E-state index is 13.0. The van der Waals surface area contributed by atoms with Gasteiger partial charge in [-0.05, 0) is 30.3 Å². The van der Waals surface area contributed by atoms with Gasteiger partial charge >= 0.3 is 6.18 Å². The van der Waals surface area contributed by atoms with Gasteiger partial charge in [0.25, 0.3) is 0 Å². The number of nitrogens with one attached hydrogen (secondary N) is 1. The van der Waals surface area contributed by atoms with Crippen LogP contribution in [-0.2, 0) is 6.18 Å². The molecule has 0 aliphatic rings. The second-order valence-electron chi connectivity index (χ2n) is 4.66. The van der Waals surface area contributed by atoms with Gasteiger partial charge in [-0.25, -0.2) is 9.97 Å². The van der Waals surface area contributed by atoms with E-state index in [1.165, 1.54) is 12.1 Å². The summed E-state index contributed by atoms with van der Waals surface area (Å²) in [5.41, 5.74) is 0.534. The normalized spacial score (nSPS) is 11.7. The molecule has 3 nitrogen and oxygen atoms in total. The van der Waals surface area contributed by atoms with Crippen molar-refractivity contribution in [2.24, 2.45) is 0 Å². The van der Waals surface area contributed by atoms with E-state index in [1.54, 1.807) is 30.3 Å². The molecule has 3 aromatic rings. The fourth-order valence-electron chi connectivity index (χ4n) is 2.02. The Morgan fingerprint density at radius 2 is 1.70 bits per heavy atom. The lowest BCUT2D eigenvalue weighted by molar-refractivity contribution is -0.144. The van der Waals surface area contributed by atoms with Crippen LogP contribution in [-0.4, -0.2) is 9.97 Å². The van der Waals surface area contributed by atoms with E-state index in [2.05, 4.69) is 15.3 Å². The number of aromatic nitrogens is 2. The Morgan fingerprint density at radius 1 is 0.957 bits per heavy atom. The maximum Gasteiger partial charge on any atom is 0.451 e. The second kappa shape index (κ2) is 5.86. The van der Waals surface area contributed by atoms with Crippen molar-refractivity contribution in [3.05, 3.63) is 58.3 Å². The van der Waals surface area contributed by atoms with Crippen molar-refractivity contribution in [2.45, 2.75) is 6.18 Å².